The number of halogens is 3. The van der Waals surface area contributed by atoms with Crippen LogP contribution in [0.1, 0.15) is 17.5 Å². The number of nitrogens with one attached hydrogen (secondary N) is 1. The normalized spacial score (nSPS) is 12.9. The Hall–Kier alpha value is -1.82. The zero-order valence-electron chi connectivity index (χ0n) is 10.8. The number of rotatable bonds is 7. The van der Waals surface area contributed by atoms with Gasteiger partial charge in [-0.15, -0.1) is 6.58 Å². The Morgan fingerprint density at radius 3 is 2.40 bits per heavy atom. The fraction of sp³-hybridized carbons (Fsp3) is 0.357. The summed E-state index contributed by atoms with van der Waals surface area (Å²) in [5.41, 5.74) is -0.204. The Morgan fingerprint density at radius 2 is 1.95 bits per heavy atom. The van der Waals surface area contributed by atoms with E-state index in [0.717, 1.165) is 12.1 Å². The van der Waals surface area contributed by atoms with Crippen LogP contribution in [-0.2, 0) is 17.4 Å². The van der Waals surface area contributed by atoms with Crippen LogP contribution in [0, 0.1) is 0 Å². The van der Waals surface area contributed by atoms with Gasteiger partial charge in [-0.3, -0.25) is 4.79 Å². The van der Waals surface area contributed by atoms with Gasteiger partial charge in [-0.2, -0.15) is 13.2 Å². The van der Waals surface area contributed by atoms with Gasteiger partial charge in [0.25, 0.3) is 0 Å². The third-order valence-corrected chi connectivity index (χ3v) is 2.76. The predicted molar refractivity (Wildman–Crippen MR) is 69.4 cm³/mol. The molecule has 0 heterocycles. The SMILES string of the molecule is C=CCCN[C@@H](Cc1ccc(C(F)(F)F)cc1)C(=O)O. The number of benzene rings is 1. The van der Waals surface area contributed by atoms with Crippen molar-refractivity contribution in [2.75, 3.05) is 6.54 Å². The van der Waals surface area contributed by atoms with Crippen molar-refractivity contribution in [3.8, 4) is 0 Å². The fourth-order valence-corrected chi connectivity index (χ4v) is 1.67. The van der Waals surface area contributed by atoms with Gasteiger partial charge in [0.2, 0.25) is 0 Å². The van der Waals surface area contributed by atoms with E-state index in [1.165, 1.54) is 12.1 Å². The molecule has 0 aliphatic carbocycles. The number of carbonyl (C=O) groups is 1. The van der Waals surface area contributed by atoms with Gasteiger partial charge in [0.05, 0.1) is 5.56 Å². The number of alkyl halides is 3. The summed E-state index contributed by atoms with van der Waals surface area (Å²) in [4.78, 5) is 11.1. The molecule has 0 saturated heterocycles. The molecule has 0 aromatic heterocycles. The van der Waals surface area contributed by atoms with E-state index in [2.05, 4.69) is 11.9 Å². The van der Waals surface area contributed by atoms with Crippen molar-refractivity contribution in [2.24, 2.45) is 0 Å². The van der Waals surface area contributed by atoms with E-state index >= 15 is 0 Å². The van der Waals surface area contributed by atoms with Gasteiger partial charge in [0.15, 0.2) is 0 Å². The molecule has 0 saturated carbocycles. The van der Waals surface area contributed by atoms with Crippen LogP contribution in [0.4, 0.5) is 13.2 Å². The van der Waals surface area contributed by atoms with Gasteiger partial charge in [-0.25, -0.2) is 0 Å². The minimum atomic E-state index is -4.38. The Kier molecular flexibility index (Phi) is 5.76. The second kappa shape index (κ2) is 7.09. The first-order chi connectivity index (χ1) is 9.34. The lowest BCUT2D eigenvalue weighted by atomic mass is 10.0. The molecule has 0 amide bonds. The maximum Gasteiger partial charge on any atom is 0.416 e. The molecule has 1 aromatic carbocycles. The topological polar surface area (TPSA) is 49.3 Å². The number of carboxylic acid groups (broad SMARTS) is 1. The Morgan fingerprint density at radius 1 is 1.35 bits per heavy atom. The van der Waals surface area contributed by atoms with Crippen LogP contribution in [0.15, 0.2) is 36.9 Å². The molecule has 1 rings (SSSR count). The van der Waals surface area contributed by atoms with Crippen LogP contribution in [0.25, 0.3) is 0 Å². The summed E-state index contributed by atoms with van der Waals surface area (Å²) in [6.45, 7) is 3.98. The molecule has 0 fully saturated rings. The van der Waals surface area contributed by atoms with Crippen LogP contribution >= 0.6 is 0 Å². The first-order valence-corrected chi connectivity index (χ1v) is 6.08. The van der Waals surface area contributed by atoms with Crippen molar-refractivity contribution >= 4 is 5.97 Å². The molecule has 20 heavy (non-hydrogen) atoms. The summed E-state index contributed by atoms with van der Waals surface area (Å²) < 4.78 is 37.2. The zero-order chi connectivity index (χ0) is 15.2. The molecule has 3 nitrogen and oxygen atoms in total. The van der Waals surface area contributed by atoms with Crippen LogP contribution < -0.4 is 5.32 Å². The van der Waals surface area contributed by atoms with Crippen molar-refractivity contribution in [2.45, 2.75) is 25.1 Å². The molecule has 6 heteroatoms. The Bertz CT molecular complexity index is 454. The third-order valence-electron chi connectivity index (χ3n) is 2.76. The second-order valence-corrected chi connectivity index (χ2v) is 4.32. The van der Waals surface area contributed by atoms with Crippen LogP contribution in [0.5, 0.6) is 0 Å². The molecule has 1 atom stereocenters. The van der Waals surface area contributed by atoms with Crippen LogP contribution in [0.3, 0.4) is 0 Å². The monoisotopic (exact) mass is 287 g/mol. The van der Waals surface area contributed by atoms with Crippen molar-refractivity contribution in [1.82, 2.24) is 5.32 Å². The third kappa shape index (κ3) is 5.05. The largest absolute Gasteiger partial charge is 0.480 e. The number of aliphatic carboxylic acids is 1. The van der Waals surface area contributed by atoms with Gasteiger partial charge in [-0.05, 0) is 37.1 Å². The lowest BCUT2D eigenvalue weighted by Gasteiger charge is -2.14. The average molecular weight is 287 g/mol. The molecule has 0 unspecified atom stereocenters. The van der Waals surface area contributed by atoms with Gasteiger partial charge in [-0.1, -0.05) is 18.2 Å². The standard InChI is InChI=1S/C14H16F3NO2/c1-2-3-8-18-12(13(19)20)9-10-4-6-11(7-5-10)14(15,16)17/h2,4-7,12,18H,1,3,8-9H2,(H,19,20)/t12-/m0/s1. The smallest absolute Gasteiger partial charge is 0.416 e. The average Bonchev–Trinajstić information content (AvgIpc) is 2.37. The number of hydrogen-bond acceptors (Lipinski definition) is 2. The highest BCUT2D eigenvalue weighted by Gasteiger charge is 2.30. The number of carboxylic acids is 1. The molecule has 110 valence electrons. The predicted octanol–water partition coefficient (Wildman–Crippen LogP) is 2.87. The van der Waals surface area contributed by atoms with E-state index in [1.807, 2.05) is 0 Å². The lowest BCUT2D eigenvalue weighted by molar-refractivity contribution is -0.139. The Balaban J connectivity index is 2.69. The molecule has 0 bridgehead atoms. The molecule has 0 aliphatic rings. The highest BCUT2D eigenvalue weighted by Crippen LogP contribution is 2.29. The van der Waals surface area contributed by atoms with Crippen LogP contribution in [-0.4, -0.2) is 23.7 Å². The van der Waals surface area contributed by atoms with E-state index in [0.29, 0.717) is 18.5 Å². The summed E-state index contributed by atoms with van der Waals surface area (Å²) in [7, 11) is 0. The first-order valence-electron chi connectivity index (χ1n) is 6.08. The summed E-state index contributed by atoms with van der Waals surface area (Å²) in [5.74, 6) is -1.03. The molecular weight excluding hydrogens is 271 g/mol. The van der Waals surface area contributed by atoms with Crippen molar-refractivity contribution < 1.29 is 23.1 Å². The molecule has 0 radical (unpaired) electrons. The quantitative estimate of drug-likeness (QED) is 0.599. The fourth-order valence-electron chi connectivity index (χ4n) is 1.67. The first kappa shape index (κ1) is 16.2. The molecule has 2 N–H and O–H groups in total. The van der Waals surface area contributed by atoms with Crippen LogP contribution in [0.2, 0.25) is 0 Å². The molecule has 0 aliphatic heterocycles. The minimum absolute atomic E-state index is 0.130. The van der Waals surface area contributed by atoms with Crippen molar-refractivity contribution in [3.05, 3.63) is 48.0 Å². The molecular formula is C14H16F3NO2. The summed E-state index contributed by atoms with van der Waals surface area (Å²) in [5, 5.41) is 11.9. The van der Waals surface area contributed by atoms with E-state index in [1.54, 1.807) is 6.08 Å². The summed E-state index contributed by atoms with van der Waals surface area (Å²) in [6, 6.07) is 3.68. The van der Waals surface area contributed by atoms with Crippen molar-refractivity contribution in [3.63, 3.8) is 0 Å². The van der Waals surface area contributed by atoms with E-state index < -0.39 is 23.8 Å². The minimum Gasteiger partial charge on any atom is -0.480 e. The maximum atomic E-state index is 12.4. The Labute approximate surface area is 115 Å². The highest BCUT2D eigenvalue weighted by molar-refractivity contribution is 5.73. The van der Waals surface area contributed by atoms with Gasteiger partial charge < -0.3 is 10.4 Å². The van der Waals surface area contributed by atoms with E-state index in [-0.39, 0.29) is 6.42 Å². The second-order valence-electron chi connectivity index (χ2n) is 4.32. The highest BCUT2D eigenvalue weighted by atomic mass is 19.4. The van der Waals surface area contributed by atoms with Gasteiger partial charge in [0, 0.05) is 0 Å². The van der Waals surface area contributed by atoms with E-state index in [9.17, 15) is 18.0 Å². The van der Waals surface area contributed by atoms with E-state index in [4.69, 9.17) is 5.11 Å². The maximum absolute atomic E-state index is 12.4. The lowest BCUT2D eigenvalue weighted by Crippen LogP contribution is -2.38. The van der Waals surface area contributed by atoms with Gasteiger partial charge >= 0.3 is 12.1 Å². The summed E-state index contributed by atoms with van der Waals surface area (Å²) >= 11 is 0. The molecule has 0 spiro atoms. The van der Waals surface area contributed by atoms with Crippen molar-refractivity contribution in [1.29, 1.82) is 0 Å². The summed E-state index contributed by atoms with van der Waals surface area (Å²) in [6.07, 6.45) is -1.97. The molecule has 1 aromatic rings. The number of hydrogen-bond donors (Lipinski definition) is 2. The zero-order valence-corrected chi connectivity index (χ0v) is 10.8. The van der Waals surface area contributed by atoms with Gasteiger partial charge in [0.1, 0.15) is 6.04 Å².